The molecule has 0 bridgehead atoms. The molecule has 1 aromatic carbocycles. The topological polar surface area (TPSA) is 224 Å². The number of carbonyl (C=O) groups excluding carboxylic acids is 2. The molecular weight excluding hydrogens is 534 g/mol. The van der Waals surface area contributed by atoms with Crippen LogP contribution in [0.25, 0.3) is 0 Å². The van der Waals surface area contributed by atoms with Crippen LogP contribution in [-0.4, -0.2) is 94.6 Å². The van der Waals surface area contributed by atoms with Gasteiger partial charge in [0.15, 0.2) is 17.9 Å². The monoisotopic (exact) mass is 573 g/mol. The second-order valence-electron chi connectivity index (χ2n) is 9.89. The lowest BCUT2D eigenvalue weighted by Crippen LogP contribution is -2.50. The number of aromatic nitrogens is 2. The fourth-order valence-corrected chi connectivity index (χ4v) is 4.70. The number of rotatable bonds is 13. The van der Waals surface area contributed by atoms with E-state index in [-0.39, 0.29) is 36.7 Å². The largest absolute Gasteiger partial charge is 0.394 e. The molecule has 4 rings (SSSR count). The van der Waals surface area contributed by atoms with E-state index in [0.717, 1.165) is 11.1 Å². The van der Waals surface area contributed by atoms with Crippen LogP contribution in [0.4, 0.5) is 23.3 Å². The lowest BCUT2D eigenvalue weighted by molar-refractivity contribution is -0.121. The van der Waals surface area contributed by atoms with Crippen LogP contribution in [0, 0.1) is 0 Å². The highest BCUT2D eigenvalue weighted by Crippen LogP contribution is 2.41. The summed E-state index contributed by atoms with van der Waals surface area (Å²) >= 11 is 0. The maximum absolute atomic E-state index is 12.2. The Hall–Kier alpha value is -3.76. The first-order chi connectivity index (χ1) is 19.7. The van der Waals surface area contributed by atoms with Crippen molar-refractivity contribution in [3.05, 3.63) is 35.4 Å². The summed E-state index contributed by atoms with van der Waals surface area (Å²) in [5, 5.41) is 37.8. The summed E-state index contributed by atoms with van der Waals surface area (Å²) in [5.74, 6) is 0.350. The molecule has 1 aromatic heterocycles. The van der Waals surface area contributed by atoms with Crippen molar-refractivity contribution in [2.24, 2.45) is 5.73 Å². The van der Waals surface area contributed by atoms with Crippen molar-refractivity contribution in [2.75, 3.05) is 53.9 Å². The molecule has 15 nitrogen and oxygen atoms in total. The third kappa shape index (κ3) is 7.12. The molecule has 1 saturated heterocycles. The van der Waals surface area contributed by atoms with Crippen LogP contribution < -0.4 is 37.4 Å². The number of hydrazine groups is 1. The Morgan fingerprint density at radius 1 is 1.07 bits per heavy atom. The quantitative estimate of drug-likeness (QED) is 0.132. The van der Waals surface area contributed by atoms with Gasteiger partial charge in [-0.3, -0.25) is 20.0 Å². The van der Waals surface area contributed by atoms with E-state index >= 15 is 0 Å². The van der Waals surface area contributed by atoms with Gasteiger partial charge in [-0.1, -0.05) is 31.2 Å². The van der Waals surface area contributed by atoms with Crippen molar-refractivity contribution in [1.82, 2.24) is 20.7 Å². The molecule has 2 unspecified atom stereocenters. The van der Waals surface area contributed by atoms with Gasteiger partial charge in [0.05, 0.1) is 6.61 Å². The Labute approximate surface area is 237 Å². The van der Waals surface area contributed by atoms with Crippen molar-refractivity contribution in [2.45, 2.75) is 57.1 Å². The van der Waals surface area contributed by atoms with E-state index in [0.29, 0.717) is 50.4 Å². The number of nitrogens with one attached hydrogen (secondary N) is 3. The molecule has 41 heavy (non-hydrogen) atoms. The Morgan fingerprint density at radius 3 is 2.41 bits per heavy atom. The number of benzene rings is 1. The Balaban J connectivity index is 1.42. The maximum atomic E-state index is 12.2. The molecular formula is C26H39N9O6. The number of fused-ring (bicyclic) bond motifs is 1. The van der Waals surface area contributed by atoms with Crippen LogP contribution in [-0.2, 0) is 27.2 Å². The van der Waals surface area contributed by atoms with Gasteiger partial charge in [-0.05, 0) is 24.0 Å². The van der Waals surface area contributed by atoms with Crippen LogP contribution >= 0.6 is 0 Å². The molecule has 2 aliphatic heterocycles. The molecule has 3 heterocycles. The number of hydrogen-bond acceptors (Lipinski definition) is 13. The molecule has 224 valence electrons. The van der Waals surface area contributed by atoms with Gasteiger partial charge in [0.25, 0.3) is 0 Å². The zero-order valence-corrected chi connectivity index (χ0v) is 23.0. The van der Waals surface area contributed by atoms with E-state index in [4.69, 9.17) is 16.2 Å². The van der Waals surface area contributed by atoms with E-state index in [1.807, 2.05) is 24.3 Å². The number of carbonyl (C=O) groups is 2. The number of hydrogen-bond donors (Lipinski definition) is 8. The van der Waals surface area contributed by atoms with E-state index in [9.17, 15) is 24.9 Å². The molecule has 0 aliphatic carbocycles. The number of nitrogens with two attached hydrogens (primary N) is 2. The smallest absolute Gasteiger partial charge is 0.238 e. The first-order valence-corrected chi connectivity index (χ1v) is 13.7. The summed E-state index contributed by atoms with van der Waals surface area (Å²) in [6.45, 7) is 2.63. The van der Waals surface area contributed by atoms with Gasteiger partial charge in [0, 0.05) is 32.5 Å². The van der Waals surface area contributed by atoms with Crippen LogP contribution in [0.1, 0.15) is 30.9 Å². The van der Waals surface area contributed by atoms with Crippen molar-refractivity contribution >= 4 is 35.1 Å². The lowest BCUT2D eigenvalue weighted by Gasteiger charge is -2.28. The summed E-state index contributed by atoms with van der Waals surface area (Å²) in [4.78, 5) is 34.5. The summed E-state index contributed by atoms with van der Waals surface area (Å²) in [7, 11) is 0. The molecule has 2 aliphatic rings. The van der Waals surface area contributed by atoms with Crippen LogP contribution in [0.3, 0.4) is 0 Å². The lowest BCUT2D eigenvalue weighted by atomic mass is 10.1. The number of aryl methyl sites for hydroxylation is 1. The van der Waals surface area contributed by atoms with Crippen molar-refractivity contribution in [3.8, 4) is 0 Å². The molecule has 0 radical (unpaired) electrons. The number of aliphatic hydroxyl groups excluding tert-OH is 3. The molecule has 0 spiro atoms. The average molecular weight is 574 g/mol. The van der Waals surface area contributed by atoms with Gasteiger partial charge in [-0.15, -0.1) is 0 Å². The van der Waals surface area contributed by atoms with Crippen LogP contribution in [0.5, 0.6) is 0 Å². The summed E-state index contributed by atoms with van der Waals surface area (Å²) in [6.07, 6.45) is -2.73. The minimum Gasteiger partial charge on any atom is -0.394 e. The fourth-order valence-electron chi connectivity index (χ4n) is 4.70. The molecule has 2 amide bonds. The Kier molecular flexibility index (Phi) is 10.1. The number of ether oxygens (including phenoxy) is 1. The normalized spacial score (nSPS) is 21.6. The maximum Gasteiger partial charge on any atom is 0.238 e. The third-order valence-electron chi connectivity index (χ3n) is 6.96. The van der Waals surface area contributed by atoms with Gasteiger partial charge in [-0.25, -0.2) is 0 Å². The van der Waals surface area contributed by atoms with E-state index in [2.05, 4.69) is 26.0 Å². The van der Waals surface area contributed by atoms with Gasteiger partial charge in [-0.2, -0.15) is 9.97 Å². The summed E-state index contributed by atoms with van der Waals surface area (Å²) in [6, 6.07) is 8.00. The number of nitrogen functional groups attached to an aromatic ring is 1. The second-order valence-corrected chi connectivity index (χ2v) is 9.89. The van der Waals surface area contributed by atoms with E-state index < -0.39 is 31.1 Å². The van der Waals surface area contributed by atoms with Gasteiger partial charge in [0.1, 0.15) is 30.7 Å². The second kappa shape index (κ2) is 13.7. The van der Waals surface area contributed by atoms with Crippen molar-refractivity contribution in [3.63, 3.8) is 0 Å². The number of nitrogens with zero attached hydrogens (tertiary/aromatic N) is 4. The molecule has 1 fully saturated rings. The minimum absolute atomic E-state index is 0.0230. The van der Waals surface area contributed by atoms with Crippen molar-refractivity contribution < 1.29 is 29.6 Å². The molecule has 2 aromatic rings. The molecule has 4 atom stereocenters. The van der Waals surface area contributed by atoms with Crippen molar-refractivity contribution in [1.29, 1.82) is 0 Å². The predicted octanol–water partition coefficient (Wildman–Crippen LogP) is -1.81. The highest BCUT2D eigenvalue weighted by molar-refractivity contribution is 5.86. The predicted molar refractivity (Wildman–Crippen MR) is 151 cm³/mol. The van der Waals surface area contributed by atoms with Crippen LogP contribution in [0.2, 0.25) is 0 Å². The Morgan fingerprint density at radius 2 is 1.78 bits per heavy atom. The molecule has 0 saturated carbocycles. The fraction of sp³-hybridized carbons (Fsp3) is 0.538. The molecule has 15 heteroatoms. The minimum atomic E-state index is -1.34. The standard InChI is InChI=1S/C26H39N9O6/c1-2-18(37)33-35-14-34(25-22(40)21(39)17(13-36)41-25)24-20(35)23(28)31-26(32-24)30-11-9-16-5-3-15(4-6-16)7-8-19(38)29-12-10-27/h3-6,17,21-22,25,36,39-40H,2,7-14,27H2,1H3,(H,29,38)(H,33,37)(H3,28,30,31,32)/t17-,21?,22?,25-/m1/s1. The first-order valence-electron chi connectivity index (χ1n) is 13.7. The summed E-state index contributed by atoms with van der Waals surface area (Å²) < 4.78 is 5.72. The highest BCUT2D eigenvalue weighted by Gasteiger charge is 2.49. The Bertz CT molecular complexity index is 1200. The van der Waals surface area contributed by atoms with Gasteiger partial charge < -0.3 is 47.1 Å². The number of aliphatic hydroxyl groups is 3. The average Bonchev–Trinajstić information content (AvgIpc) is 3.47. The SMILES string of the molecule is CCC(=O)NN1CN([C@@H]2O[C@H](CO)C(O)C2O)c2nc(NCCc3ccc(CCC(=O)NCCN)cc3)nc(N)c21. The zero-order chi connectivity index (χ0) is 29.5. The van der Waals surface area contributed by atoms with Gasteiger partial charge >= 0.3 is 0 Å². The van der Waals surface area contributed by atoms with E-state index in [1.165, 1.54) is 5.01 Å². The van der Waals surface area contributed by atoms with Crippen LogP contribution in [0.15, 0.2) is 24.3 Å². The molecule has 10 N–H and O–H groups in total. The third-order valence-corrected chi connectivity index (χ3v) is 6.96. The zero-order valence-electron chi connectivity index (χ0n) is 23.0. The summed E-state index contributed by atoms with van der Waals surface area (Å²) in [5.41, 5.74) is 16.9. The number of anilines is 4. The first kappa shape index (κ1) is 30.2. The number of amides is 2. The van der Waals surface area contributed by atoms with Gasteiger partial charge in [0.2, 0.25) is 17.8 Å². The highest BCUT2D eigenvalue weighted by atomic mass is 16.6. The van der Waals surface area contributed by atoms with E-state index in [1.54, 1.807) is 11.8 Å².